The normalized spacial score (nSPS) is 29.4. The highest BCUT2D eigenvalue weighted by atomic mass is 16.5. The Balaban J connectivity index is 1.34. The van der Waals surface area contributed by atoms with Crippen LogP contribution in [-0.4, -0.2) is 109 Å². The van der Waals surface area contributed by atoms with E-state index in [1.54, 1.807) is 0 Å². The van der Waals surface area contributed by atoms with Crippen molar-refractivity contribution in [2.75, 3.05) is 52.5 Å². The number of β-amino-alcohol motifs (C(OH)–C–C–N with tert-alkyl or cyclic N) is 2. The van der Waals surface area contributed by atoms with E-state index >= 15 is 0 Å². The van der Waals surface area contributed by atoms with E-state index < -0.39 is 12.2 Å². The van der Waals surface area contributed by atoms with Crippen LogP contribution in [0.15, 0.2) is 24.3 Å². The second-order valence-electron chi connectivity index (χ2n) is 9.35. The Morgan fingerprint density at radius 3 is 1.34 bits per heavy atom. The molecule has 0 bridgehead atoms. The molecule has 2 saturated heterocycles. The Morgan fingerprint density at radius 1 is 0.719 bits per heavy atom. The summed E-state index contributed by atoms with van der Waals surface area (Å²) < 4.78 is 22.9. The fourth-order valence-corrected chi connectivity index (χ4v) is 4.59. The molecule has 182 valence electrons. The fraction of sp³-hybridized carbons (Fsp3) is 0.750. The van der Waals surface area contributed by atoms with Gasteiger partial charge in [0.05, 0.1) is 24.4 Å². The molecule has 0 unspecified atom stereocenters. The van der Waals surface area contributed by atoms with Crippen molar-refractivity contribution in [3.8, 4) is 11.5 Å². The van der Waals surface area contributed by atoms with Crippen molar-refractivity contribution >= 4 is 0 Å². The lowest BCUT2D eigenvalue weighted by Gasteiger charge is -2.36. The standard InChI is InChI=1S/C24H40N2O6/c1-17-9-25(10-18(2)31-17)13-21(27)15-29-23-5-7-24(8-6-23)30-16-22(28)14-26-11-19(3)32-20(4)12-26/h5-8,17-22,27-28H,9-16H2,1-4H3/t17-,18-,19-,20+,21+,22-/m0/s1. The first-order valence-electron chi connectivity index (χ1n) is 11.7. The summed E-state index contributed by atoms with van der Waals surface area (Å²) in [4.78, 5) is 4.43. The lowest BCUT2D eigenvalue weighted by molar-refractivity contribution is -0.0790. The maximum Gasteiger partial charge on any atom is 0.119 e. The molecule has 2 fully saturated rings. The summed E-state index contributed by atoms with van der Waals surface area (Å²) in [7, 11) is 0. The molecule has 2 heterocycles. The minimum atomic E-state index is -0.566. The predicted molar refractivity (Wildman–Crippen MR) is 122 cm³/mol. The first-order valence-corrected chi connectivity index (χ1v) is 11.7. The summed E-state index contributed by atoms with van der Waals surface area (Å²) in [5.41, 5.74) is 0. The van der Waals surface area contributed by atoms with Gasteiger partial charge in [0, 0.05) is 39.3 Å². The highest BCUT2D eigenvalue weighted by Gasteiger charge is 2.25. The summed E-state index contributed by atoms with van der Waals surface area (Å²) in [6, 6.07) is 7.27. The van der Waals surface area contributed by atoms with E-state index in [0.717, 1.165) is 26.2 Å². The van der Waals surface area contributed by atoms with Crippen LogP contribution in [0.1, 0.15) is 27.7 Å². The summed E-state index contributed by atoms with van der Waals surface area (Å²) in [5.74, 6) is 1.36. The summed E-state index contributed by atoms with van der Waals surface area (Å²) >= 11 is 0. The van der Waals surface area contributed by atoms with Gasteiger partial charge in [-0.3, -0.25) is 9.80 Å². The highest BCUT2D eigenvalue weighted by Crippen LogP contribution is 2.19. The molecule has 0 radical (unpaired) electrons. The summed E-state index contributed by atoms with van der Waals surface area (Å²) in [5, 5.41) is 20.7. The molecule has 8 nitrogen and oxygen atoms in total. The fourth-order valence-electron chi connectivity index (χ4n) is 4.59. The Hall–Kier alpha value is -1.42. The highest BCUT2D eigenvalue weighted by molar-refractivity contribution is 5.31. The number of aliphatic hydroxyl groups is 2. The molecule has 0 amide bonds. The lowest BCUT2D eigenvalue weighted by Crippen LogP contribution is -2.48. The third-order valence-electron chi connectivity index (χ3n) is 5.64. The van der Waals surface area contributed by atoms with Gasteiger partial charge in [0.1, 0.15) is 36.9 Å². The van der Waals surface area contributed by atoms with E-state index in [1.807, 2.05) is 24.3 Å². The molecule has 0 aromatic heterocycles. The van der Waals surface area contributed by atoms with Crippen LogP contribution >= 0.6 is 0 Å². The quantitative estimate of drug-likeness (QED) is 0.551. The third-order valence-corrected chi connectivity index (χ3v) is 5.64. The number of hydrogen-bond donors (Lipinski definition) is 2. The average molecular weight is 453 g/mol. The first kappa shape index (κ1) is 25.2. The second-order valence-corrected chi connectivity index (χ2v) is 9.35. The van der Waals surface area contributed by atoms with E-state index in [9.17, 15) is 10.2 Å². The van der Waals surface area contributed by atoms with Crippen molar-refractivity contribution in [3.05, 3.63) is 24.3 Å². The monoisotopic (exact) mass is 452 g/mol. The van der Waals surface area contributed by atoms with Crippen LogP contribution in [0, 0.1) is 0 Å². The predicted octanol–water partition coefficient (Wildman–Crippen LogP) is 1.38. The van der Waals surface area contributed by atoms with Gasteiger partial charge in [-0.15, -0.1) is 0 Å². The van der Waals surface area contributed by atoms with E-state index in [-0.39, 0.29) is 37.6 Å². The van der Waals surface area contributed by atoms with Crippen LogP contribution in [0.3, 0.4) is 0 Å². The number of aliphatic hydroxyl groups excluding tert-OH is 2. The SMILES string of the molecule is C[C@@H]1CN(C[C@H](O)COc2ccc(OC[C@H](O)CN3C[C@H](C)O[C@@H](C)C3)cc2)C[C@H](C)O1. The van der Waals surface area contributed by atoms with Crippen LogP contribution in [0.4, 0.5) is 0 Å². The summed E-state index contributed by atoms with van der Waals surface area (Å²) in [6.07, 6.45) is -0.413. The number of nitrogens with zero attached hydrogens (tertiary/aromatic N) is 2. The lowest BCUT2D eigenvalue weighted by atomic mass is 10.2. The molecule has 6 atom stereocenters. The molecule has 1 aromatic carbocycles. The number of rotatable bonds is 10. The van der Waals surface area contributed by atoms with Gasteiger partial charge in [-0.05, 0) is 52.0 Å². The molecule has 1 aromatic rings. The maximum atomic E-state index is 10.3. The van der Waals surface area contributed by atoms with Crippen LogP contribution in [0.2, 0.25) is 0 Å². The number of benzene rings is 1. The van der Waals surface area contributed by atoms with E-state index in [4.69, 9.17) is 18.9 Å². The third kappa shape index (κ3) is 8.50. The Labute approximate surface area is 192 Å². The van der Waals surface area contributed by atoms with Crippen molar-refractivity contribution in [2.45, 2.75) is 64.3 Å². The van der Waals surface area contributed by atoms with Gasteiger partial charge < -0.3 is 29.2 Å². The van der Waals surface area contributed by atoms with Gasteiger partial charge in [0.15, 0.2) is 0 Å². The van der Waals surface area contributed by atoms with Crippen LogP contribution < -0.4 is 9.47 Å². The van der Waals surface area contributed by atoms with E-state index in [0.29, 0.717) is 24.6 Å². The number of hydrogen-bond acceptors (Lipinski definition) is 8. The topological polar surface area (TPSA) is 83.9 Å². The first-order chi connectivity index (χ1) is 15.3. The largest absolute Gasteiger partial charge is 0.491 e. The van der Waals surface area contributed by atoms with Crippen molar-refractivity contribution < 1.29 is 29.2 Å². The van der Waals surface area contributed by atoms with E-state index in [2.05, 4.69) is 37.5 Å². The molecule has 0 aliphatic carbocycles. The van der Waals surface area contributed by atoms with Gasteiger partial charge >= 0.3 is 0 Å². The van der Waals surface area contributed by atoms with Crippen LogP contribution in [-0.2, 0) is 9.47 Å². The van der Waals surface area contributed by atoms with Gasteiger partial charge in [-0.2, -0.15) is 0 Å². The Bertz CT molecular complexity index is 598. The molecule has 0 saturated carbocycles. The average Bonchev–Trinajstić information content (AvgIpc) is 2.70. The maximum absolute atomic E-state index is 10.3. The molecule has 2 N–H and O–H groups in total. The van der Waals surface area contributed by atoms with Crippen molar-refractivity contribution in [2.24, 2.45) is 0 Å². The van der Waals surface area contributed by atoms with Gasteiger partial charge in [-0.1, -0.05) is 0 Å². The molecule has 3 rings (SSSR count). The Morgan fingerprint density at radius 2 is 1.03 bits per heavy atom. The minimum absolute atomic E-state index is 0.180. The zero-order valence-corrected chi connectivity index (χ0v) is 19.9. The van der Waals surface area contributed by atoms with Gasteiger partial charge in [0.2, 0.25) is 0 Å². The second kappa shape index (κ2) is 12.2. The minimum Gasteiger partial charge on any atom is -0.491 e. The van der Waals surface area contributed by atoms with Gasteiger partial charge in [0.25, 0.3) is 0 Å². The van der Waals surface area contributed by atoms with Crippen LogP contribution in [0.5, 0.6) is 11.5 Å². The molecular weight excluding hydrogens is 412 g/mol. The van der Waals surface area contributed by atoms with Crippen LogP contribution in [0.25, 0.3) is 0 Å². The summed E-state index contributed by atoms with van der Waals surface area (Å²) in [6.45, 7) is 13.1. The van der Waals surface area contributed by atoms with Crippen molar-refractivity contribution in [1.29, 1.82) is 0 Å². The van der Waals surface area contributed by atoms with Crippen molar-refractivity contribution in [1.82, 2.24) is 9.80 Å². The smallest absolute Gasteiger partial charge is 0.119 e. The molecule has 2 aliphatic heterocycles. The Kier molecular flexibility index (Phi) is 9.58. The number of morpholine rings is 2. The molecule has 32 heavy (non-hydrogen) atoms. The zero-order chi connectivity index (χ0) is 23.1. The molecule has 2 aliphatic rings. The molecular formula is C24H40N2O6. The number of ether oxygens (including phenoxy) is 4. The van der Waals surface area contributed by atoms with Gasteiger partial charge in [-0.25, -0.2) is 0 Å². The zero-order valence-electron chi connectivity index (χ0n) is 19.9. The van der Waals surface area contributed by atoms with E-state index in [1.165, 1.54) is 0 Å². The molecule has 8 heteroatoms. The van der Waals surface area contributed by atoms with Crippen molar-refractivity contribution in [3.63, 3.8) is 0 Å². The molecule has 0 spiro atoms.